The van der Waals surface area contributed by atoms with Gasteiger partial charge in [0.2, 0.25) is 0 Å². The van der Waals surface area contributed by atoms with E-state index < -0.39 is 11.4 Å². The fourth-order valence-corrected chi connectivity index (χ4v) is 3.13. The Kier molecular flexibility index (Phi) is 4.37. The molecule has 1 amide bonds. The lowest BCUT2D eigenvalue weighted by Gasteiger charge is -2.39. The number of rotatable bonds is 3. The molecule has 2 fully saturated rings. The highest BCUT2D eigenvalue weighted by molar-refractivity contribution is 5.81. The number of carboxylic acid groups (broad SMARTS) is 1. The first-order valence-electron chi connectivity index (χ1n) is 7.50. The summed E-state index contributed by atoms with van der Waals surface area (Å²) in [5.74, 6) is -0.737. The first-order chi connectivity index (χ1) is 9.32. The maximum atomic E-state index is 12.4. The van der Waals surface area contributed by atoms with Crippen molar-refractivity contribution in [2.24, 2.45) is 11.3 Å². The van der Waals surface area contributed by atoms with Crippen molar-refractivity contribution in [3.8, 4) is 0 Å². The summed E-state index contributed by atoms with van der Waals surface area (Å²) in [6, 6.07) is 0. The Hall–Kier alpha value is -1.10. The van der Waals surface area contributed by atoms with Crippen LogP contribution in [0.4, 0.5) is 0 Å². The van der Waals surface area contributed by atoms with Crippen LogP contribution in [0.15, 0.2) is 0 Å². The molecule has 0 radical (unpaired) electrons. The molecule has 5 nitrogen and oxygen atoms in total. The van der Waals surface area contributed by atoms with E-state index in [1.807, 2.05) is 11.8 Å². The molecule has 0 bridgehead atoms. The van der Waals surface area contributed by atoms with Gasteiger partial charge in [0.1, 0.15) is 6.10 Å². The largest absolute Gasteiger partial charge is 0.481 e. The monoisotopic (exact) mass is 283 g/mol. The molecule has 0 aromatic rings. The van der Waals surface area contributed by atoms with E-state index in [4.69, 9.17) is 4.74 Å². The average molecular weight is 283 g/mol. The van der Waals surface area contributed by atoms with Gasteiger partial charge in [-0.2, -0.15) is 0 Å². The molecule has 114 valence electrons. The predicted octanol–water partition coefficient (Wildman–Crippen LogP) is 1.90. The quantitative estimate of drug-likeness (QED) is 0.859. The van der Waals surface area contributed by atoms with Crippen LogP contribution < -0.4 is 0 Å². The summed E-state index contributed by atoms with van der Waals surface area (Å²) in [7, 11) is 0. The topological polar surface area (TPSA) is 66.8 Å². The molecule has 0 spiro atoms. The lowest BCUT2D eigenvalue weighted by Crippen LogP contribution is -2.49. The predicted molar refractivity (Wildman–Crippen MR) is 74.3 cm³/mol. The van der Waals surface area contributed by atoms with Crippen molar-refractivity contribution in [2.45, 2.75) is 58.7 Å². The summed E-state index contributed by atoms with van der Waals surface area (Å²) in [6.45, 7) is 6.75. The molecule has 2 rings (SSSR count). The van der Waals surface area contributed by atoms with Gasteiger partial charge in [-0.1, -0.05) is 0 Å². The van der Waals surface area contributed by atoms with Crippen LogP contribution >= 0.6 is 0 Å². The van der Waals surface area contributed by atoms with Gasteiger partial charge in [0.15, 0.2) is 0 Å². The minimum atomic E-state index is -0.789. The highest BCUT2D eigenvalue weighted by atomic mass is 16.5. The van der Waals surface area contributed by atoms with Crippen molar-refractivity contribution < 1.29 is 19.4 Å². The standard InChI is InChI=1S/C15H25NO4/c1-10-6-7-12(20-10)13(17)16-8-4-5-11(9-16)15(2,3)14(18)19/h10-12H,4-9H2,1-3H3,(H,18,19). The third-order valence-corrected chi connectivity index (χ3v) is 4.81. The van der Waals surface area contributed by atoms with Gasteiger partial charge in [-0.15, -0.1) is 0 Å². The zero-order chi connectivity index (χ0) is 14.9. The van der Waals surface area contributed by atoms with Crippen molar-refractivity contribution in [3.63, 3.8) is 0 Å². The van der Waals surface area contributed by atoms with E-state index in [-0.39, 0.29) is 24.0 Å². The molecule has 1 N–H and O–H groups in total. The van der Waals surface area contributed by atoms with Crippen LogP contribution in [0.25, 0.3) is 0 Å². The maximum Gasteiger partial charge on any atom is 0.309 e. The minimum Gasteiger partial charge on any atom is -0.481 e. The molecular formula is C15H25NO4. The third-order valence-electron chi connectivity index (χ3n) is 4.81. The molecule has 2 aliphatic rings. The normalized spacial score (nSPS) is 31.4. The number of hydrogen-bond donors (Lipinski definition) is 1. The molecule has 3 unspecified atom stereocenters. The molecule has 2 heterocycles. The van der Waals surface area contributed by atoms with Crippen LogP contribution in [0, 0.1) is 11.3 Å². The van der Waals surface area contributed by atoms with Crippen LogP contribution in [0.5, 0.6) is 0 Å². The van der Waals surface area contributed by atoms with Gasteiger partial charge in [-0.05, 0) is 52.4 Å². The number of amides is 1. The maximum absolute atomic E-state index is 12.4. The highest BCUT2D eigenvalue weighted by Crippen LogP contribution is 2.35. The second-order valence-electron chi connectivity index (χ2n) is 6.66. The van der Waals surface area contributed by atoms with Crippen LogP contribution in [-0.4, -0.2) is 47.2 Å². The van der Waals surface area contributed by atoms with E-state index >= 15 is 0 Å². The molecule has 3 atom stereocenters. The summed E-state index contributed by atoms with van der Waals surface area (Å²) in [6.07, 6.45) is 3.27. The van der Waals surface area contributed by atoms with E-state index in [1.54, 1.807) is 13.8 Å². The van der Waals surface area contributed by atoms with Gasteiger partial charge < -0.3 is 14.7 Å². The molecule has 0 aliphatic carbocycles. The van der Waals surface area contributed by atoms with Gasteiger partial charge in [-0.3, -0.25) is 9.59 Å². The van der Waals surface area contributed by atoms with E-state index in [0.717, 1.165) is 32.2 Å². The summed E-state index contributed by atoms with van der Waals surface area (Å²) in [4.78, 5) is 25.6. The number of likely N-dealkylation sites (tertiary alicyclic amines) is 1. The Morgan fingerprint density at radius 1 is 1.25 bits per heavy atom. The summed E-state index contributed by atoms with van der Waals surface area (Å²) in [5.41, 5.74) is -0.789. The zero-order valence-electron chi connectivity index (χ0n) is 12.6. The number of nitrogens with zero attached hydrogens (tertiary/aromatic N) is 1. The number of carboxylic acids is 1. The van der Waals surface area contributed by atoms with Crippen molar-refractivity contribution in [2.75, 3.05) is 13.1 Å². The Bertz CT molecular complexity index is 393. The van der Waals surface area contributed by atoms with Gasteiger partial charge in [0, 0.05) is 13.1 Å². The second-order valence-corrected chi connectivity index (χ2v) is 6.66. The Morgan fingerprint density at radius 2 is 1.95 bits per heavy atom. The number of piperidine rings is 1. The van der Waals surface area contributed by atoms with Gasteiger partial charge in [0.05, 0.1) is 11.5 Å². The van der Waals surface area contributed by atoms with Crippen LogP contribution in [-0.2, 0) is 14.3 Å². The number of ether oxygens (including phenoxy) is 1. The Labute approximate surface area is 120 Å². The first-order valence-corrected chi connectivity index (χ1v) is 7.50. The lowest BCUT2D eigenvalue weighted by molar-refractivity contribution is -0.155. The molecule has 0 saturated carbocycles. The second kappa shape index (κ2) is 5.72. The molecule has 5 heteroatoms. The van der Waals surface area contributed by atoms with E-state index in [9.17, 15) is 14.7 Å². The fraction of sp³-hybridized carbons (Fsp3) is 0.867. The number of carbonyl (C=O) groups is 2. The van der Waals surface area contributed by atoms with Gasteiger partial charge in [-0.25, -0.2) is 0 Å². The third kappa shape index (κ3) is 2.97. The SMILES string of the molecule is CC1CCC(C(=O)N2CCCC(C(C)(C)C(=O)O)C2)O1. The van der Waals surface area contributed by atoms with Crippen molar-refractivity contribution >= 4 is 11.9 Å². The molecule has 20 heavy (non-hydrogen) atoms. The molecule has 0 aromatic heterocycles. The average Bonchev–Trinajstić information content (AvgIpc) is 2.84. The highest BCUT2D eigenvalue weighted by Gasteiger charge is 2.41. The summed E-state index contributed by atoms with van der Waals surface area (Å²) >= 11 is 0. The Balaban J connectivity index is 2.00. The van der Waals surface area contributed by atoms with E-state index in [0.29, 0.717) is 6.54 Å². The minimum absolute atomic E-state index is 0.0107. The van der Waals surface area contributed by atoms with Gasteiger partial charge in [0.25, 0.3) is 5.91 Å². The fourth-order valence-electron chi connectivity index (χ4n) is 3.13. The Morgan fingerprint density at radius 3 is 2.50 bits per heavy atom. The van der Waals surface area contributed by atoms with Crippen molar-refractivity contribution in [3.05, 3.63) is 0 Å². The molecule has 0 aromatic carbocycles. The van der Waals surface area contributed by atoms with E-state index in [1.165, 1.54) is 0 Å². The van der Waals surface area contributed by atoms with Crippen molar-refractivity contribution in [1.29, 1.82) is 0 Å². The number of aliphatic carboxylic acids is 1. The molecule has 2 saturated heterocycles. The van der Waals surface area contributed by atoms with Crippen LogP contribution in [0.2, 0.25) is 0 Å². The van der Waals surface area contributed by atoms with E-state index in [2.05, 4.69) is 0 Å². The summed E-state index contributed by atoms with van der Waals surface area (Å²) in [5, 5.41) is 9.34. The molecule has 2 aliphatic heterocycles. The molecular weight excluding hydrogens is 258 g/mol. The first kappa shape index (κ1) is 15.3. The zero-order valence-corrected chi connectivity index (χ0v) is 12.6. The van der Waals surface area contributed by atoms with Crippen molar-refractivity contribution in [1.82, 2.24) is 4.90 Å². The van der Waals surface area contributed by atoms with Gasteiger partial charge >= 0.3 is 5.97 Å². The number of carbonyl (C=O) groups excluding carboxylic acids is 1. The smallest absolute Gasteiger partial charge is 0.309 e. The van der Waals surface area contributed by atoms with Crippen LogP contribution in [0.3, 0.4) is 0 Å². The summed E-state index contributed by atoms with van der Waals surface area (Å²) < 4.78 is 5.64. The number of hydrogen-bond acceptors (Lipinski definition) is 3. The van der Waals surface area contributed by atoms with Crippen LogP contribution in [0.1, 0.15) is 46.5 Å². The lowest BCUT2D eigenvalue weighted by atomic mass is 9.74.